The molecule has 4 rings (SSSR count). The Labute approximate surface area is 195 Å². The van der Waals surface area contributed by atoms with E-state index in [2.05, 4.69) is 53.7 Å². The molecule has 0 spiro atoms. The maximum absolute atomic E-state index is 12.3. The molecule has 0 aromatic heterocycles. The molecule has 0 heterocycles. The summed E-state index contributed by atoms with van der Waals surface area (Å²) < 4.78 is 10.8. The molecule has 6 nitrogen and oxygen atoms in total. The number of carbonyl (C=O) groups is 2. The minimum Gasteiger partial charge on any atom is -0.372 e. The van der Waals surface area contributed by atoms with Crippen LogP contribution in [0.25, 0.3) is 11.1 Å². The van der Waals surface area contributed by atoms with Crippen LogP contribution in [-0.2, 0) is 19.1 Å². The van der Waals surface area contributed by atoms with Gasteiger partial charge in [0.2, 0.25) is 11.8 Å². The molecule has 33 heavy (non-hydrogen) atoms. The first kappa shape index (κ1) is 23.0. The lowest BCUT2D eigenvalue weighted by molar-refractivity contribution is -0.121. The minimum atomic E-state index is -0.162. The van der Waals surface area contributed by atoms with E-state index in [1.54, 1.807) is 0 Å². The first-order chi connectivity index (χ1) is 16.1. The Kier molecular flexibility index (Phi) is 7.43. The van der Waals surface area contributed by atoms with Crippen LogP contribution in [0.1, 0.15) is 50.2 Å². The quantitative estimate of drug-likeness (QED) is 0.370. The molecule has 0 saturated carbocycles. The van der Waals surface area contributed by atoms with Gasteiger partial charge in [0, 0.05) is 30.5 Å². The first-order valence-corrected chi connectivity index (χ1v) is 11.6. The Morgan fingerprint density at radius 2 is 1.39 bits per heavy atom. The van der Waals surface area contributed by atoms with Crippen LogP contribution in [-0.4, -0.2) is 38.2 Å². The van der Waals surface area contributed by atoms with E-state index < -0.39 is 0 Å². The highest BCUT2D eigenvalue weighted by atomic mass is 16.5. The Balaban J connectivity index is 1.40. The van der Waals surface area contributed by atoms with Gasteiger partial charge in [-0.05, 0) is 65.8 Å². The first-order valence-electron chi connectivity index (χ1n) is 11.6. The second-order valence-corrected chi connectivity index (χ2v) is 8.40. The van der Waals surface area contributed by atoms with Crippen molar-refractivity contribution >= 4 is 23.2 Å². The van der Waals surface area contributed by atoms with Crippen LogP contribution in [0, 0.1) is 17.8 Å². The van der Waals surface area contributed by atoms with Crippen LogP contribution in [0.2, 0.25) is 0 Å². The monoisotopic (exact) mass is 446 g/mol. The number of fused-ring (bicyclic) bond motifs is 3. The molecule has 1 unspecified atom stereocenters. The molecule has 172 valence electrons. The predicted octanol–water partition coefficient (Wildman–Crippen LogP) is 4.55. The summed E-state index contributed by atoms with van der Waals surface area (Å²) in [5.41, 5.74) is 6.24. The molecule has 2 amide bonds. The molecule has 2 aromatic rings. The van der Waals surface area contributed by atoms with Crippen molar-refractivity contribution in [1.29, 1.82) is 0 Å². The van der Waals surface area contributed by atoms with Gasteiger partial charge in [-0.3, -0.25) is 9.59 Å². The van der Waals surface area contributed by atoms with Crippen LogP contribution in [0.4, 0.5) is 11.4 Å². The summed E-state index contributed by atoms with van der Waals surface area (Å²) in [6, 6.07) is 12.1. The van der Waals surface area contributed by atoms with Gasteiger partial charge < -0.3 is 20.1 Å². The van der Waals surface area contributed by atoms with Crippen molar-refractivity contribution in [1.82, 2.24) is 0 Å². The summed E-state index contributed by atoms with van der Waals surface area (Å²) >= 11 is 0. The van der Waals surface area contributed by atoms with Crippen molar-refractivity contribution in [2.24, 2.45) is 5.92 Å². The standard InChI is InChI=1S/C27H30N2O4/c1-3-12-32-16-26(30)28-19-7-9-22-23-10-8-20(15-25(23)21(4-2)24(22)14-19)29-27(31)17-33-13-11-18-5-6-18/h7-10,14-15,18,21H,3-4,11-13,16-17H2,1-2H3,(H,28,30)(H,29,31). The van der Waals surface area contributed by atoms with Crippen LogP contribution >= 0.6 is 0 Å². The fourth-order valence-electron chi connectivity index (χ4n) is 4.23. The number of carbonyl (C=O) groups excluding carboxylic acids is 2. The van der Waals surface area contributed by atoms with Gasteiger partial charge in [0.05, 0.1) is 5.92 Å². The fraction of sp³-hybridized carbons (Fsp3) is 0.407. The van der Waals surface area contributed by atoms with Gasteiger partial charge in [0.25, 0.3) is 0 Å². The number of nitrogens with one attached hydrogen (secondary N) is 2. The topological polar surface area (TPSA) is 76.7 Å². The van der Waals surface area contributed by atoms with Gasteiger partial charge >= 0.3 is 0 Å². The molecule has 0 saturated heterocycles. The third-order valence-corrected chi connectivity index (χ3v) is 5.83. The molecule has 0 fully saturated rings. The Bertz CT molecular complexity index is 1090. The smallest absolute Gasteiger partial charge is 0.250 e. The summed E-state index contributed by atoms with van der Waals surface area (Å²) in [5, 5.41) is 5.87. The van der Waals surface area contributed by atoms with E-state index in [1.165, 1.54) is 22.3 Å². The second kappa shape index (κ2) is 10.7. The van der Waals surface area contributed by atoms with Crippen molar-refractivity contribution in [3.8, 4) is 23.0 Å². The van der Waals surface area contributed by atoms with Crippen molar-refractivity contribution in [3.05, 3.63) is 47.5 Å². The van der Waals surface area contributed by atoms with Gasteiger partial charge in [0.15, 0.2) is 0 Å². The van der Waals surface area contributed by atoms with E-state index in [-0.39, 0.29) is 30.9 Å². The Morgan fingerprint density at radius 1 is 0.848 bits per heavy atom. The van der Waals surface area contributed by atoms with E-state index >= 15 is 0 Å². The molecular weight excluding hydrogens is 416 g/mol. The molecule has 0 aliphatic heterocycles. The number of anilines is 2. The minimum absolute atomic E-state index is 0.0340. The van der Waals surface area contributed by atoms with Gasteiger partial charge in [-0.15, -0.1) is 0 Å². The predicted molar refractivity (Wildman–Crippen MR) is 129 cm³/mol. The fourth-order valence-corrected chi connectivity index (χ4v) is 4.23. The molecule has 1 atom stereocenters. The SMILES string of the molecule is CCCOCC(=O)Nc1ccc2c(c1)C(CC)c1cc(NC(=O)COCCC3C#C3)ccc1-2. The molecule has 2 aromatic carbocycles. The normalized spacial score (nSPS) is 15.3. The van der Waals surface area contributed by atoms with Crippen LogP contribution in [0.15, 0.2) is 36.4 Å². The lowest BCUT2D eigenvalue weighted by Crippen LogP contribution is -2.19. The van der Waals surface area contributed by atoms with Gasteiger partial charge in [0.1, 0.15) is 13.2 Å². The zero-order chi connectivity index (χ0) is 23.2. The number of ether oxygens (including phenoxy) is 2. The van der Waals surface area contributed by atoms with Crippen LogP contribution in [0.5, 0.6) is 0 Å². The molecule has 2 aliphatic carbocycles. The zero-order valence-electron chi connectivity index (χ0n) is 19.2. The molecule has 2 N–H and O–H groups in total. The summed E-state index contributed by atoms with van der Waals surface area (Å²) in [7, 11) is 0. The van der Waals surface area contributed by atoms with Crippen LogP contribution in [0.3, 0.4) is 0 Å². The highest BCUT2D eigenvalue weighted by molar-refractivity contribution is 5.94. The number of amides is 2. The Hall–Kier alpha value is -3.14. The van der Waals surface area contributed by atoms with Crippen molar-refractivity contribution < 1.29 is 19.1 Å². The summed E-state index contributed by atoms with van der Waals surface area (Å²) in [4.78, 5) is 24.4. The average molecular weight is 447 g/mol. The maximum atomic E-state index is 12.3. The van der Waals surface area contributed by atoms with Gasteiger partial charge in [-0.2, -0.15) is 0 Å². The lowest BCUT2D eigenvalue weighted by atomic mass is 9.94. The second-order valence-electron chi connectivity index (χ2n) is 8.40. The van der Waals surface area contributed by atoms with Crippen molar-refractivity contribution in [2.75, 3.05) is 37.1 Å². The number of hydrogen-bond acceptors (Lipinski definition) is 4. The van der Waals surface area contributed by atoms with Crippen LogP contribution < -0.4 is 10.6 Å². The number of hydrogen-bond donors (Lipinski definition) is 2. The third-order valence-electron chi connectivity index (χ3n) is 5.83. The molecular formula is C27H30N2O4. The van der Waals surface area contributed by atoms with E-state index in [0.717, 1.165) is 30.6 Å². The number of rotatable bonds is 12. The van der Waals surface area contributed by atoms with Crippen molar-refractivity contribution in [2.45, 2.75) is 39.0 Å². The molecule has 6 heteroatoms. The highest BCUT2D eigenvalue weighted by Gasteiger charge is 2.28. The summed E-state index contributed by atoms with van der Waals surface area (Å²) in [5.74, 6) is 6.14. The van der Waals surface area contributed by atoms with E-state index in [0.29, 0.717) is 19.1 Å². The van der Waals surface area contributed by atoms with Gasteiger partial charge in [-0.25, -0.2) is 0 Å². The largest absolute Gasteiger partial charge is 0.372 e. The average Bonchev–Trinajstić information content (AvgIpc) is 3.58. The zero-order valence-corrected chi connectivity index (χ0v) is 19.2. The molecule has 0 bridgehead atoms. The van der Waals surface area contributed by atoms with Gasteiger partial charge in [-0.1, -0.05) is 37.8 Å². The molecule has 0 radical (unpaired) electrons. The van der Waals surface area contributed by atoms with E-state index in [4.69, 9.17) is 9.47 Å². The van der Waals surface area contributed by atoms with E-state index in [1.807, 2.05) is 19.1 Å². The Morgan fingerprint density at radius 3 is 1.88 bits per heavy atom. The highest BCUT2D eigenvalue weighted by Crippen LogP contribution is 2.48. The van der Waals surface area contributed by atoms with E-state index in [9.17, 15) is 9.59 Å². The molecule has 2 aliphatic rings. The van der Waals surface area contributed by atoms with Crippen molar-refractivity contribution in [3.63, 3.8) is 0 Å². The third kappa shape index (κ3) is 5.81. The maximum Gasteiger partial charge on any atom is 0.250 e. The number of benzene rings is 2. The summed E-state index contributed by atoms with van der Waals surface area (Å²) in [6.45, 7) is 5.35. The summed E-state index contributed by atoms with van der Waals surface area (Å²) in [6.07, 6.45) is 2.63. The lowest BCUT2D eigenvalue weighted by Gasteiger charge is -2.13.